The van der Waals surface area contributed by atoms with Gasteiger partial charge >= 0.3 is 18.2 Å². The first-order chi connectivity index (χ1) is 10.0. The second kappa shape index (κ2) is 8.08. The van der Waals surface area contributed by atoms with Gasteiger partial charge in [-0.2, -0.15) is 0 Å². The molecule has 0 aliphatic carbocycles. The highest BCUT2D eigenvalue weighted by Crippen LogP contribution is 2.14. The summed E-state index contributed by atoms with van der Waals surface area (Å²) in [7, 11) is 1.22. The molecule has 0 aromatic heterocycles. The first-order valence-electron chi connectivity index (χ1n) is 6.57. The molecule has 2 amide bonds. The van der Waals surface area contributed by atoms with E-state index in [9.17, 15) is 14.4 Å². The van der Waals surface area contributed by atoms with Gasteiger partial charge in [-0.15, -0.1) is 0 Å². The third kappa shape index (κ3) is 4.33. The van der Waals surface area contributed by atoms with Crippen LogP contribution < -0.4 is 5.43 Å². The summed E-state index contributed by atoms with van der Waals surface area (Å²) < 4.78 is 14.2. The van der Waals surface area contributed by atoms with E-state index in [1.807, 2.05) is 0 Å². The zero-order chi connectivity index (χ0) is 15.8. The number of ether oxygens (including phenoxy) is 3. The van der Waals surface area contributed by atoms with Crippen molar-refractivity contribution in [2.75, 3.05) is 26.9 Å². The van der Waals surface area contributed by atoms with Crippen molar-refractivity contribution in [1.82, 2.24) is 10.4 Å². The van der Waals surface area contributed by atoms with Gasteiger partial charge in [-0.25, -0.2) is 24.8 Å². The topological polar surface area (TPSA) is 107 Å². The Balaban J connectivity index is 2.90. The van der Waals surface area contributed by atoms with Crippen LogP contribution >= 0.6 is 0 Å². The summed E-state index contributed by atoms with van der Waals surface area (Å²) in [6, 6.07) is -0.749. The van der Waals surface area contributed by atoms with Crippen molar-refractivity contribution >= 4 is 23.9 Å². The fourth-order valence-electron chi connectivity index (χ4n) is 1.81. The number of nitrogens with one attached hydrogen (secondary N) is 1. The van der Waals surface area contributed by atoms with Gasteiger partial charge in [0, 0.05) is 6.54 Å². The number of hydrazine groups is 1. The smallest absolute Gasteiger partial charge is 0.429 e. The number of carbonyl (C=O) groups is 3. The minimum absolute atomic E-state index is 0.0577. The number of hydrogen-bond acceptors (Lipinski definition) is 7. The Hall–Kier alpha value is -2.32. The van der Waals surface area contributed by atoms with E-state index in [-0.39, 0.29) is 18.9 Å². The molecule has 1 heterocycles. The lowest BCUT2D eigenvalue weighted by molar-refractivity contribution is -0.133. The second-order valence-corrected chi connectivity index (χ2v) is 3.96. The van der Waals surface area contributed by atoms with Crippen LogP contribution in [0.1, 0.15) is 20.3 Å². The maximum Gasteiger partial charge on any atom is 0.429 e. The van der Waals surface area contributed by atoms with E-state index in [2.05, 4.69) is 15.2 Å². The van der Waals surface area contributed by atoms with E-state index in [0.717, 1.165) is 5.01 Å². The van der Waals surface area contributed by atoms with Gasteiger partial charge in [-0.05, 0) is 20.3 Å². The molecule has 1 aliphatic heterocycles. The maximum absolute atomic E-state index is 12.0. The number of aliphatic imine (C=N–C) groups is 1. The SMILES string of the molecule is CCOC(=O)NN(C(=O)OCC)[C@H]1CCN=C1C(=O)OC. The first kappa shape index (κ1) is 16.7. The van der Waals surface area contributed by atoms with Crippen LogP contribution in [0.15, 0.2) is 4.99 Å². The summed E-state index contributed by atoms with van der Waals surface area (Å²) >= 11 is 0. The van der Waals surface area contributed by atoms with Crippen LogP contribution in [0, 0.1) is 0 Å². The van der Waals surface area contributed by atoms with Crippen molar-refractivity contribution in [3.8, 4) is 0 Å². The molecule has 0 aromatic carbocycles. The summed E-state index contributed by atoms with van der Waals surface area (Å²) in [5, 5.41) is 0.907. The minimum atomic E-state index is -0.818. The molecular weight excluding hydrogens is 282 g/mol. The maximum atomic E-state index is 12.0. The fraction of sp³-hybridized carbons (Fsp3) is 0.667. The van der Waals surface area contributed by atoms with E-state index in [1.54, 1.807) is 13.8 Å². The lowest BCUT2D eigenvalue weighted by Gasteiger charge is -2.27. The Labute approximate surface area is 122 Å². The normalized spacial score (nSPS) is 16.7. The summed E-state index contributed by atoms with van der Waals surface area (Å²) in [4.78, 5) is 39.1. The molecule has 0 bridgehead atoms. The molecule has 0 radical (unpaired) electrons. The van der Waals surface area contributed by atoms with Crippen molar-refractivity contribution in [2.45, 2.75) is 26.3 Å². The molecule has 0 saturated heterocycles. The van der Waals surface area contributed by atoms with E-state index in [1.165, 1.54) is 7.11 Å². The standard InChI is InChI=1S/C12H19N3O6/c1-4-20-11(17)14-15(12(18)21-5-2)8-6-7-13-9(8)10(16)19-3/h8H,4-7H2,1-3H3,(H,14,17)/t8-/m0/s1. The van der Waals surface area contributed by atoms with E-state index >= 15 is 0 Å². The van der Waals surface area contributed by atoms with Gasteiger partial charge in [-0.1, -0.05) is 0 Å². The molecule has 9 heteroatoms. The quantitative estimate of drug-likeness (QED) is 0.460. The number of methoxy groups -OCH3 is 1. The van der Waals surface area contributed by atoms with Crippen LogP contribution in [0.2, 0.25) is 0 Å². The number of esters is 1. The molecule has 21 heavy (non-hydrogen) atoms. The molecule has 1 rings (SSSR count). The van der Waals surface area contributed by atoms with E-state index in [0.29, 0.717) is 13.0 Å². The molecule has 1 N–H and O–H groups in total. The van der Waals surface area contributed by atoms with Crippen molar-refractivity contribution in [2.24, 2.45) is 4.99 Å². The average molecular weight is 301 g/mol. The molecule has 0 fully saturated rings. The summed E-state index contributed by atoms with van der Waals surface area (Å²) in [6.07, 6.45) is -1.24. The fourth-order valence-corrected chi connectivity index (χ4v) is 1.81. The average Bonchev–Trinajstić information content (AvgIpc) is 2.93. The Kier molecular flexibility index (Phi) is 6.44. The number of nitrogens with zero attached hydrogens (tertiary/aromatic N) is 2. The number of amides is 2. The van der Waals surface area contributed by atoms with Gasteiger partial charge in [0.2, 0.25) is 0 Å². The van der Waals surface area contributed by atoms with Gasteiger partial charge in [-0.3, -0.25) is 4.99 Å². The third-order valence-corrected chi connectivity index (χ3v) is 2.66. The highest BCUT2D eigenvalue weighted by molar-refractivity contribution is 6.39. The van der Waals surface area contributed by atoms with Crippen LogP contribution in [-0.4, -0.2) is 61.8 Å². The summed E-state index contributed by atoms with van der Waals surface area (Å²) in [6.45, 7) is 3.87. The molecule has 1 aliphatic rings. The Morgan fingerprint density at radius 2 is 1.95 bits per heavy atom. The van der Waals surface area contributed by atoms with Gasteiger partial charge < -0.3 is 14.2 Å². The van der Waals surface area contributed by atoms with E-state index < -0.39 is 24.2 Å². The Morgan fingerprint density at radius 1 is 1.29 bits per heavy atom. The summed E-state index contributed by atoms with van der Waals surface area (Å²) in [5.41, 5.74) is 2.32. The number of hydrogen-bond donors (Lipinski definition) is 1. The monoisotopic (exact) mass is 301 g/mol. The van der Waals surface area contributed by atoms with Crippen LogP contribution in [0.25, 0.3) is 0 Å². The van der Waals surface area contributed by atoms with Gasteiger partial charge in [0.05, 0.1) is 20.3 Å². The molecular formula is C12H19N3O6. The molecule has 0 saturated carbocycles. The van der Waals surface area contributed by atoms with Crippen molar-refractivity contribution < 1.29 is 28.6 Å². The lowest BCUT2D eigenvalue weighted by atomic mass is 10.1. The molecule has 118 valence electrons. The van der Waals surface area contributed by atoms with Crippen molar-refractivity contribution in [1.29, 1.82) is 0 Å². The lowest BCUT2D eigenvalue weighted by Crippen LogP contribution is -2.55. The van der Waals surface area contributed by atoms with Crippen molar-refractivity contribution in [3.05, 3.63) is 0 Å². The number of rotatable bonds is 4. The largest absolute Gasteiger partial charge is 0.464 e. The van der Waals surface area contributed by atoms with Crippen LogP contribution in [-0.2, 0) is 19.0 Å². The Morgan fingerprint density at radius 3 is 2.52 bits per heavy atom. The zero-order valence-electron chi connectivity index (χ0n) is 12.2. The summed E-state index contributed by atoms with van der Waals surface area (Å²) in [5.74, 6) is -0.655. The minimum Gasteiger partial charge on any atom is -0.464 e. The predicted molar refractivity (Wildman–Crippen MR) is 71.7 cm³/mol. The van der Waals surface area contributed by atoms with Gasteiger partial charge in [0.1, 0.15) is 11.8 Å². The highest BCUT2D eigenvalue weighted by atomic mass is 16.6. The molecule has 1 atom stereocenters. The molecule has 9 nitrogen and oxygen atoms in total. The molecule has 0 aromatic rings. The van der Waals surface area contributed by atoms with Gasteiger partial charge in [0.25, 0.3) is 0 Å². The Bertz CT molecular complexity index is 437. The van der Waals surface area contributed by atoms with Crippen LogP contribution in [0.5, 0.6) is 0 Å². The molecule has 0 spiro atoms. The predicted octanol–water partition coefficient (Wildman–Crippen LogP) is 0.492. The van der Waals surface area contributed by atoms with Crippen molar-refractivity contribution in [3.63, 3.8) is 0 Å². The molecule has 0 unspecified atom stereocenters. The third-order valence-electron chi connectivity index (χ3n) is 2.66. The second-order valence-electron chi connectivity index (χ2n) is 3.96. The van der Waals surface area contributed by atoms with Gasteiger partial charge in [0.15, 0.2) is 0 Å². The van der Waals surface area contributed by atoms with Crippen LogP contribution in [0.3, 0.4) is 0 Å². The zero-order valence-corrected chi connectivity index (χ0v) is 12.2. The highest BCUT2D eigenvalue weighted by Gasteiger charge is 2.37. The first-order valence-corrected chi connectivity index (χ1v) is 6.57. The van der Waals surface area contributed by atoms with Crippen LogP contribution in [0.4, 0.5) is 9.59 Å². The van der Waals surface area contributed by atoms with E-state index in [4.69, 9.17) is 9.47 Å². The number of carbonyl (C=O) groups excluding carboxylic acids is 3.